The first-order chi connectivity index (χ1) is 41.8. The van der Waals surface area contributed by atoms with Gasteiger partial charge in [-0.05, 0) is 49.3 Å². The quantitative estimate of drug-likeness (QED) is 0.0246. The number of fused-ring (bicyclic) bond motifs is 5. The van der Waals surface area contributed by atoms with Gasteiger partial charge in [0.25, 0.3) is 17.4 Å². The molecule has 39 heteroatoms. The normalized spacial score (nSPS) is 26.2. The van der Waals surface area contributed by atoms with E-state index in [4.69, 9.17) is 43.8 Å². The highest BCUT2D eigenvalue weighted by atomic mass is 31.2. The topological polar surface area (TPSA) is 522 Å². The molecule has 0 radical (unpaired) electrons. The average Bonchev–Trinajstić information content (AvgIpc) is 1.69. The number of nitrogens with zero attached hydrogens (tertiary/aromatic N) is 8. The number of carbonyl (C=O) groups is 7. The molecule has 8 heterocycles. The van der Waals surface area contributed by atoms with Gasteiger partial charge in [-0.25, -0.2) is 38.7 Å². The number of rotatable bonds is 21. The maximum Gasteiger partial charge on any atom is 0.472 e. The fourth-order valence-electron chi connectivity index (χ4n) is 9.78. The highest BCUT2D eigenvalue weighted by Gasteiger charge is 2.54. The Kier molecular flexibility index (Phi) is 20.1. The van der Waals surface area contributed by atoms with E-state index < -0.39 is 143 Å². The molecular formula is C49H62N16O21P2. The van der Waals surface area contributed by atoms with Crippen LogP contribution in [0.3, 0.4) is 0 Å². The summed E-state index contributed by atoms with van der Waals surface area (Å²) in [6, 6.07) is 3.12. The smallest absolute Gasteiger partial charge is 0.444 e. The molecule has 8 amide bonds. The van der Waals surface area contributed by atoms with Gasteiger partial charge in [0.2, 0.25) is 23.7 Å². The molecule has 9 rings (SSSR count). The fraction of sp³-hybridized carbons (Fsp3) is 0.490. The molecule has 0 saturated carbocycles. The first kappa shape index (κ1) is 64.3. The van der Waals surface area contributed by atoms with Crippen molar-refractivity contribution >= 4 is 97.1 Å². The number of phosphoric ester groups is 2. The molecule has 14 N–H and O–H groups in total. The number of amides is 8. The Labute approximate surface area is 496 Å². The van der Waals surface area contributed by atoms with Crippen LogP contribution >= 0.6 is 15.6 Å². The largest absolute Gasteiger partial charge is 0.472 e. The minimum Gasteiger partial charge on any atom is -0.444 e. The van der Waals surface area contributed by atoms with Gasteiger partial charge in [-0.3, -0.25) is 71.2 Å². The highest BCUT2D eigenvalue weighted by molar-refractivity contribution is 7.47. The fourth-order valence-corrected chi connectivity index (χ4v) is 11.7. The minimum absolute atomic E-state index is 0.0496. The third-order valence-corrected chi connectivity index (χ3v) is 16.1. The number of aromatic nitrogens is 8. The summed E-state index contributed by atoms with van der Waals surface area (Å²) in [5.41, 5.74) is 10.3. The number of urea groups is 1. The number of H-pyrrole nitrogens is 1. The van der Waals surface area contributed by atoms with Crippen LogP contribution in [0.2, 0.25) is 0 Å². The van der Waals surface area contributed by atoms with E-state index in [9.17, 15) is 67.5 Å². The van der Waals surface area contributed by atoms with Crippen LogP contribution in [0.1, 0.15) is 70.4 Å². The van der Waals surface area contributed by atoms with Crippen LogP contribution in [0, 0.1) is 5.92 Å². The molecule has 474 valence electrons. The molecule has 0 aliphatic carbocycles. The number of benzene rings is 1. The van der Waals surface area contributed by atoms with E-state index in [1.807, 2.05) is 0 Å². The van der Waals surface area contributed by atoms with Crippen LogP contribution in [-0.4, -0.2) is 181 Å². The molecule has 4 aliphatic heterocycles. The van der Waals surface area contributed by atoms with Gasteiger partial charge in [0.05, 0.1) is 25.9 Å². The van der Waals surface area contributed by atoms with Crippen LogP contribution in [0.4, 0.5) is 27.0 Å². The third-order valence-electron chi connectivity index (χ3n) is 14.2. The molecule has 12 atom stereocenters. The molecule has 3 fully saturated rings. The standard InChI is InChI=1S/C49H62N16O21P2/c1-23(2)32(59-29(66)8-4-3-5-16-63-30(67)13-14-31(63)68)43(72)58-26(7-6-15-52-48(51)74)42(71)57-25-11-9-24(10-12-25)17-80-49(75)60-39-33-40(54-20-53-39)64(21-55-33)46-38-35(69)27(83-46)18-81-87(76,77)85-37-28(19-82-88(78,79)86-38)84-45(36(37)70)65-22-56-34-41(65)61-47(50)62-44(34)73/h9-14,20-23,26-28,32,35-38,45-46,69-70H,3-8,15-19H2,1-2H3,(H,57,71)(H,58,72)(H,59,66)(H,76,77)(H,78,79)(H3,51,52,74)(H3,50,61,62,73)(H,53,54,60,75)/t26-,27?,28?,32?,35?,36?,37?,38?,45?,46?/m0/s1. The molecule has 2 bridgehead atoms. The Morgan fingerprint density at radius 2 is 1.44 bits per heavy atom. The Balaban J connectivity index is 0.797. The van der Waals surface area contributed by atoms with Crippen LogP contribution in [-0.2, 0) is 72.0 Å². The SMILES string of the molecule is CC(C)C(NC(=O)CCCCCN1C(=O)C=CC1=O)C(=O)N[C@@H](CCCNC(N)=O)C(=O)Nc1ccc(COC(=O)Nc2ncnc3c2ncn3C2OC3COP(=O)(O)OC4C(COP(=O)(O)OC2C3O)OC(n2cnc3c(=O)[nH]c(N)nc32)C4O)cc1. The number of aromatic amines is 1. The zero-order valence-electron chi connectivity index (χ0n) is 46.7. The van der Waals surface area contributed by atoms with Gasteiger partial charge in [-0.1, -0.05) is 32.4 Å². The molecule has 0 spiro atoms. The van der Waals surface area contributed by atoms with Crippen LogP contribution in [0.25, 0.3) is 22.3 Å². The summed E-state index contributed by atoms with van der Waals surface area (Å²) in [6.45, 7) is 1.54. The summed E-state index contributed by atoms with van der Waals surface area (Å²) >= 11 is 0. The van der Waals surface area contributed by atoms with Crippen molar-refractivity contribution in [3.63, 3.8) is 0 Å². The predicted molar refractivity (Wildman–Crippen MR) is 298 cm³/mol. The molecule has 11 unspecified atom stereocenters. The molecule has 4 aromatic heterocycles. The number of carbonyl (C=O) groups excluding carboxylic acids is 7. The van der Waals surface area contributed by atoms with Crippen molar-refractivity contribution in [3.05, 3.63) is 71.3 Å². The number of ether oxygens (including phenoxy) is 3. The number of imidazole rings is 2. The number of aliphatic hydroxyl groups is 2. The van der Waals surface area contributed by atoms with Crippen molar-refractivity contribution < 1.29 is 95.0 Å². The lowest BCUT2D eigenvalue weighted by molar-refractivity contribution is -0.137. The molecule has 37 nitrogen and oxygen atoms in total. The van der Waals surface area contributed by atoms with E-state index in [-0.39, 0.29) is 78.7 Å². The zero-order valence-corrected chi connectivity index (χ0v) is 48.5. The van der Waals surface area contributed by atoms with Crippen molar-refractivity contribution in [2.75, 3.05) is 42.7 Å². The van der Waals surface area contributed by atoms with E-state index >= 15 is 0 Å². The number of primary amides is 1. The van der Waals surface area contributed by atoms with Gasteiger partial charge in [0.1, 0.15) is 61.6 Å². The second kappa shape index (κ2) is 27.5. The summed E-state index contributed by atoms with van der Waals surface area (Å²) in [5, 5.41) is 35.8. The molecule has 4 aliphatic rings. The van der Waals surface area contributed by atoms with Gasteiger partial charge in [0, 0.05) is 37.3 Å². The molecule has 1 aromatic carbocycles. The maximum absolute atomic E-state index is 13.7. The van der Waals surface area contributed by atoms with Crippen LogP contribution < -0.4 is 43.6 Å². The van der Waals surface area contributed by atoms with Crippen molar-refractivity contribution in [1.82, 2.24) is 59.9 Å². The van der Waals surface area contributed by atoms with E-state index in [2.05, 4.69) is 56.5 Å². The number of anilines is 3. The maximum atomic E-state index is 13.7. The number of hydrogen-bond donors (Lipinski definition) is 12. The summed E-state index contributed by atoms with van der Waals surface area (Å²) < 4.78 is 67.8. The Morgan fingerprint density at radius 1 is 0.784 bits per heavy atom. The van der Waals surface area contributed by atoms with Crippen molar-refractivity contribution in [2.24, 2.45) is 11.7 Å². The number of imide groups is 1. The average molecular weight is 1270 g/mol. The summed E-state index contributed by atoms with van der Waals surface area (Å²) in [4.78, 5) is 147. The first-order valence-electron chi connectivity index (χ1n) is 27.2. The van der Waals surface area contributed by atoms with Crippen molar-refractivity contribution in [1.29, 1.82) is 0 Å². The van der Waals surface area contributed by atoms with E-state index in [0.29, 0.717) is 24.8 Å². The monoisotopic (exact) mass is 1270 g/mol. The Hall–Kier alpha value is -8.19. The molecular weight excluding hydrogens is 1210 g/mol. The molecule has 5 aromatic rings. The first-order valence-corrected chi connectivity index (χ1v) is 30.2. The lowest BCUT2D eigenvalue weighted by Gasteiger charge is -2.25. The number of hydrogen-bond acceptors (Lipinski definition) is 25. The van der Waals surface area contributed by atoms with Gasteiger partial charge in [-0.2, -0.15) is 4.98 Å². The highest BCUT2D eigenvalue weighted by Crippen LogP contribution is 2.54. The Morgan fingerprint density at radius 3 is 2.14 bits per heavy atom. The Bertz CT molecular complexity index is 3620. The number of nitrogen functional groups attached to an aromatic ring is 1. The van der Waals surface area contributed by atoms with Gasteiger partial charge < -0.3 is 66.9 Å². The van der Waals surface area contributed by atoms with Crippen LogP contribution in [0.15, 0.2) is 60.2 Å². The molecule has 88 heavy (non-hydrogen) atoms. The lowest BCUT2D eigenvalue weighted by Crippen LogP contribution is -2.54. The third kappa shape index (κ3) is 15.4. The van der Waals surface area contributed by atoms with Crippen molar-refractivity contribution in [3.8, 4) is 0 Å². The van der Waals surface area contributed by atoms with E-state index in [1.165, 1.54) is 36.4 Å². The number of nitrogens with one attached hydrogen (secondary N) is 6. The summed E-state index contributed by atoms with van der Waals surface area (Å²) in [6.07, 6.45) is -7.49. The predicted octanol–water partition coefficient (Wildman–Crippen LogP) is -0.677. The number of phosphoric acid groups is 2. The van der Waals surface area contributed by atoms with E-state index in [1.54, 1.807) is 13.8 Å². The van der Waals surface area contributed by atoms with Crippen LogP contribution in [0.5, 0.6) is 0 Å². The second-order valence-corrected chi connectivity index (χ2v) is 23.6. The molecule has 3 saturated heterocycles. The number of nitrogens with two attached hydrogens (primary N) is 2. The minimum atomic E-state index is -5.31. The summed E-state index contributed by atoms with van der Waals surface area (Å²) in [5.74, 6) is -3.39. The second-order valence-electron chi connectivity index (χ2n) is 20.7. The lowest BCUT2D eigenvalue weighted by atomic mass is 10.0. The van der Waals surface area contributed by atoms with Crippen molar-refractivity contribution in [2.45, 2.75) is 120 Å². The van der Waals surface area contributed by atoms with Gasteiger partial charge in [0.15, 0.2) is 40.6 Å². The van der Waals surface area contributed by atoms with E-state index in [0.717, 1.165) is 33.0 Å². The number of aliphatic hydroxyl groups excluding tert-OH is 2. The van der Waals surface area contributed by atoms with Gasteiger partial charge >= 0.3 is 27.8 Å². The zero-order chi connectivity index (χ0) is 63.2. The number of unbranched alkanes of at least 4 members (excludes halogenated alkanes) is 2. The van der Waals surface area contributed by atoms with Gasteiger partial charge in [-0.15, -0.1) is 0 Å². The summed E-state index contributed by atoms with van der Waals surface area (Å²) in [7, 11) is -10.5.